The first kappa shape index (κ1) is 8.28. The molecule has 1 nitrogen and oxygen atoms in total. The molecule has 0 saturated carbocycles. The van der Waals surface area contributed by atoms with Gasteiger partial charge in [-0.1, -0.05) is 31.2 Å². The van der Waals surface area contributed by atoms with Crippen LogP contribution in [0.25, 0.3) is 0 Å². The second kappa shape index (κ2) is 4.91. The molecular weight excluding hydrogens is 134 g/mol. The van der Waals surface area contributed by atoms with Gasteiger partial charge < -0.3 is 5.32 Å². The lowest BCUT2D eigenvalue weighted by Crippen LogP contribution is -2.13. The first-order chi connectivity index (χ1) is 5.43. The van der Waals surface area contributed by atoms with Gasteiger partial charge in [0.1, 0.15) is 0 Å². The van der Waals surface area contributed by atoms with Crippen LogP contribution in [0.15, 0.2) is 24.3 Å². The minimum atomic E-state index is 0.975. The van der Waals surface area contributed by atoms with E-state index in [1.165, 1.54) is 12.0 Å². The van der Waals surface area contributed by atoms with Crippen molar-refractivity contribution in [3.63, 3.8) is 0 Å². The molecule has 0 aliphatic rings. The topological polar surface area (TPSA) is 12.0 Å². The number of hydrogen-bond donors (Lipinski definition) is 1. The Labute approximate surface area is 68.4 Å². The fraction of sp³-hybridized carbons (Fsp3) is 0.400. The maximum absolute atomic E-state index is 3.34. The van der Waals surface area contributed by atoms with Crippen LogP contribution >= 0.6 is 0 Å². The summed E-state index contributed by atoms with van der Waals surface area (Å²) in [5.41, 5.74) is 1.33. The Morgan fingerprint density at radius 2 is 2.09 bits per heavy atom. The summed E-state index contributed by atoms with van der Waals surface area (Å²) in [7, 11) is 0. The lowest BCUT2D eigenvalue weighted by molar-refractivity contribution is 0.675. The zero-order chi connectivity index (χ0) is 7.94. The third kappa shape index (κ3) is 3.19. The second-order valence-corrected chi connectivity index (χ2v) is 2.59. The van der Waals surface area contributed by atoms with Gasteiger partial charge in [-0.05, 0) is 24.6 Å². The summed E-state index contributed by atoms with van der Waals surface area (Å²) in [6.07, 6.45) is 1.19. The van der Waals surface area contributed by atoms with E-state index in [1.807, 2.05) is 12.1 Å². The van der Waals surface area contributed by atoms with Crippen molar-refractivity contribution in [3.8, 4) is 0 Å². The Morgan fingerprint density at radius 3 is 2.73 bits per heavy atom. The molecule has 1 N–H and O–H groups in total. The third-order valence-corrected chi connectivity index (χ3v) is 1.54. The highest BCUT2D eigenvalue weighted by atomic mass is 14.8. The van der Waals surface area contributed by atoms with Crippen LogP contribution in [0.4, 0.5) is 0 Å². The van der Waals surface area contributed by atoms with E-state index in [2.05, 4.69) is 30.4 Å². The quantitative estimate of drug-likeness (QED) is 0.644. The fourth-order valence-corrected chi connectivity index (χ4v) is 0.949. The molecule has 0 atom stereocenters. The lowest BCUT2D eigenvalue weighted by Gasteiger charge is -2.01. The van der Waals surface area contributed by atoms with Crippen molar-refractivity contribution < 1.29 is 0 Å². The highest BCUT2D eigenvalue weighted by Crippen LogP contribution is 1.95. The normalized spacial score (nSPS) is 9.91. The largest absolute Gasteiger partial charge is 0.313 e. The van der Waals surface area contributed by atoms with Gasteiger partial charge in [0.2, 0.25) is 0 Å². The molecule has 1 aromatic carbocycles. The lowest BCUT2D eigenvalue weighted by atomic mass is 10.2. The first-order valence-electron chi connectivity index (χ1n) is 4.09. The molecule has 0 amide bonds. The summed E-state index contributed by atoms with van der Waals surface area (Å²) in [5.74, 6) is 0. The van der Waals surface area contributed by atoms with E-state index in [-0.39, 0.29) is 0 Å². The summed E-state index contributed by atoms with van der Waals surface area (Å²) in [5, 5.41) is 3.34. The molecule has 0 fully saturated rings. The Balaban J connectivity index is 2.28. The maximum atomic E-state index is 3.34. The second-order valence-electron chi connectivity index (χ2n) is 2.59. The molecular formula is C10H14N. The van der Waals surface area contributed by atoms with Gasteiger partial charge in [-0.3, -0.25) is 0 Å². The molecule has 1 aromatic rings. The van der Waals surface area contributed by atoms with E-state index in [0.717, 1.165) is 13.1 Å². The van der Waals surface area contributed by atoms with Crippen LogP contribution in [0.3, 0.4) is 0 Å². The zero-order valence-corrected chi connectivity index (χ0v) is 6.93. The standard InChI is InChI=1S/C10H14N/c1-2-8-11-9-10-6-4-3-5-7-10/h4-7,11H,2,8-9H2,1H3. The minimum absolute atomic E-state index is 0.975. The van der Waals surface area contributed by atoms with Gasteiger partial charge >= 0.3 is 0 Å². The average Bonchev–Trinajstić information content (AvgIpc) is 2.07. The van der Waals surface area contributed by atoms with Gasteiger partial charge in [-0.2, -0.15) is 0 Å². The molecule has 1 radical (unpaired) electrons. The van der Waals surface area contributed by atoms with Crippen LogP contribution in [0.1, 0.15) is 18.9 Å². The molecule has 59 valence electrons. The van der Waals surface area contributed by atoms with Gasteiger partial charge in [-0.15, -0.1) is 0 Å². The molecule has 0 aliphatic heterocycles. The van der Waals surface area contributed by atoms with Crippen molar-refractivity contribution in [2.24, 2.45) is 0 Å². The molecule has 1 heteroatoms. The molecule has 0 heterocycles. The van der Waals surface area contributed by atoms with Crippen molar-refractivity contribution >= 4 is 0 Å². The number of rotatable bonds is 4. The summed E-state index contributed by atoms with van der Waals surface area (Å²) in [6.45, 7) is 4.24. The number of benzene rings is 1. The molecule has 1 rings (SSSR count). The van der Waals surface area contributed by atoms with E-state index in [9.17, 15) is 0 Å². The SMILES string of the molecule is CCCNCc1cc[c]cc1. The van der Waals surface area contributed by atoms with Crippen LogP contribution in [0.2, 0.25) is 0 Å². The fourth-order valence-electron chi connectivity index (χ4n) is 0.949. The molecule has 0 aromatic heterocycles. The molecule has 0 aliphatic carbocycles. The number of nitrogens with one attached hydrogen (secondary N) is 1. The van der Waals surface area contributed by atoms with Crippen LogP contribution in [0.5, 0.6) is 0 Å². The Hall–Kier alpha value is -0.820. The van der Waals surface area contributed by atoms with Crippen LogP contribution in [-0.4, -0.2) is 6.54 Å². The predicted octanol–water partition coefficient (Wildman–Crippen LogP) is 1.99. The van der Waals surface area contributed by atoms with Crippen LogP contribution in [0, 0.1) is 6.07 Å². The van der Waals surface area contributed by atoms with Gasteiger partial charge in [0.25, 0.3) is 0 Å². The van der Waals surface area contributed by atoms with Crippen molar-refractivity contribution in [2.45, 2.75) is 19.9 Å². The molecule has 0 spiro atoms. The number of hydrogen-bond acceptors (Lipinski definition) is 1. The Bertz CT molecular complexity index is 181. The van der Waals surface area contributed by atoms with E-state index in [4.69, 9.17) is 0 Å². The van der Waals surface area contributed by atoms with Crippen LogP contribution in [-0.2, 0) is 6.54 Å². The Kier molecular flexibility index (Phi) is 3.70. The van der Waals surface area contributed by atoms with Gasteiger partial charge in [-0.25, -0.2) is 0 Å². The van der Waals surface area contributed by atoms with E-state index in [0.29, 0.717) is 0 Å². The van der Waals surface area contributed by atoms with Gasteiger partial charge in [0, 0.05) is 6.54 Å². The van der Waals surface area contributed by atoms with Crippen molar-refractivity contribution in [3.05, 3.63) is 35.9 Å². The molecule has 0 saturated heterocycles. The molecule has 11 heavy (non-hydrogen) atoms. The third-order valence-electron chi connectivity index (χ3n) is 1.54. The smallest absolute Gasteiger partial charge is 0.0205 e. The molecule has 0 bridgehead atoms. The first-order valence-corrected chi connectivity index (χ1v) is 4.09. The average molecular weight is 148 g/mol. The Morgan fingerprint density at radius 1 is 1.36 bits per heavy atom. The van der Waals surface area contributed by atoms with Crippen molar-refractivity contribution in [1.82, 2.24) is 5.32 Å². The predicted molar refractivity (Wildman–Crippen MR) is 47.3 cm³/mol. The van der Waals surface area contributed by atoms with Crippen molar-refractivity contribution in [2.75, 3.05) is 6.54 Å². The summed E-state index contributed by atoms with van der Waals surface area (Å²) >= 11 is 0. The monoisotopic (exact) mass is 148 g/mol. The summed E-state index contributed by atoms with van der Waals surface area (Å²) in [6, 6.07) is 11.1. The minimum Gasteiger partial charge on any atom is -0.313 e. The summed E-state index contributed by atoms with van der Waals surface area (Å²) < 4.78 is 0. The van der Waals surface area contributed by atoms with Gasteiger partial charge in [0.15, 0.2) is 0 Å². The van der Waals surface area contributed by atoms with E-state index in [1.54, 1.807) is 0 Å². The van der Waals surface area contributed by atoms with Crippen LogP contribution < -0.4 is 5.32 Å². The van der Waals surface area contributed by atoms with Gasteiger partial charge in [0.05, 0.1) is 0 Å². The maximum Gasteiger partial charge on any atom is 0.0205 e. The van der Waals surface area contributed by atoms with Crippen molar-refractivity contribution in [1.29, 1.82) is 0 Å². The highest BCUT2D eigenvalue weighted by molar-refractivity contribution is 5.13. The molecule has 0 unspecified atom stereocenters. The zero-order valence-electron chi connectivity index (χ0n) is 6.93. The highest BCUT2D eigenvalue weighted by Gasteiger charge is 1.87. The van der Waals surface area contributed by atoms with E-state index < -0.39 is 0 Å². The summed E-state index contributed by atoms with van der Waals surface area (Å²) in [4.78, 5) is 0. The van der Waals surface area contributed by atoms with E-state index >= 15 is 0 Å².